The van der Waals surface area contributed by atoms with E-state index in [1.807, 2.05) is 19.9 Å². The van der Waals surface area contributed by atoms with Crippen LogP contribution in [-0.4, -0.2) is 21.1 Å². The van der Waals surface area contributed by atoms with Gasteiger partial charge in [0.25, 0.3) is 5.56 Å². The largest absolute Gasteiger partial charge is 0.370 e. The lowest BCUT2D eigenvalue weighted by atomic mass is 9.93. The number of aromatic nitrogens is 2. The molecular weight excluding hydrogens is 384 g/mol. The van der Waals surface area contributed by atoms with E-state index in [9.17, 15) is 9.59 Å². The van der Waals surface area contributed by atoms with E-state index < -0.39 is 5.60 Å². The molecule has 3 rings (SSSR count). The Balaban J connectivity index is 1.80. The summed E-state index contributed by atoms with van der Waals surface area (Å²) in [6, 6.07) is 3.65. The standard InChI is InChI=1S/C22H30N4O4/c1-5-6-7-11-22(4,12-10-19(23)27)30-29-18-9-8-17-16(14(18)2)13-26-15(3)20(28)25-21(26)24-17/h8-9H,3,5-7,10-13H2,1-2,4H3,(H2,23,27)(H,24,25,28). The molecule has 0 bridgehead atoms. The summed E-state index contributed by atoms with van der Waals surface area (Å²) in [5, 5.41) is 0.372. The lowest BCUT2D eigenvalue weighted by Gasteiger charge is -2.28. The Morgan fingerprint density at radius 2 is 2.13 bits per heavy atom. The summed E-state index contributed by atoms with van der Waals surface area (Å²) in [5.41, 5.74) is 7.59. The fourth-order valence-electron chi connectivity index (χ4n) is 3.63. The fraction of sp³-hybridized carbons (Fsp3) is 0.500. The molecule has 1 aliphatic rings. The van der Waals surface area contributed by atoms with Gasteiger partial charge in [-0.3, -0.25) is 14.6 Å². The van der Waals surface area contributed by atoms with Crippen molar-refractivity contribution in [2.24, 2.45) is 10.7 Å². The summed E-state index contributed by atoms with van der Waals surface area (Å²) in [4.78, 5) is 42.0. The summed E-state index contributed by atoms with van der Waals surface area (Å²) in [5.74, 6) is 0.227. The molecule has 0 saturated heterocycles. The van der Waals surface area contributed by atoms with Gasteiger partial charge >= 0.3 is 0 Å². The van der Waals surface area contributed by atoms with Gasteiger partial charge < -0.3 is 15.2 Å². The maximum absolute atomic E-state index is 11.9. The minimum atomic E-state index is -0.614. The third-order valence-electron chi connectivity index (χ3n) is 5.68. The van der Waals surface area contributed by atoms with Gasteiger partial charge in [0.15, 0.2) is 5.75 Å². The predicted octanol–water partition coefficient (Wildman–Crippen LogP) is 2.12. The number of benzene rings is 1. The number of nitrogens with one attached hydrogen (secondary N) is 1. The van der Waals surface area contributed by atoms with Gasteiger partial charge in [-0.1, -0.05) is 32.8 Å². The third kappa shape index (κ3) is 4.64. The van der Waals surface area contributed by atoms with Crippen LogP contribution in [0.2, 0.25) is 0 Å². The van der Waals surface area contributed by atoms with Crippen molar-refractivity contribution in [1.82, 2.24) is 9.55 Å². The highest BCUT2D eigenvalue weighted by Gasteiger charge is 2.28. The molecule has 1 amide bonds. The molecule has 1 aliphatic heterocycles. The van der Waals surface area contributed by atoms with Crippen LogP contribution < -0.4 is 27.1 Å². The molecule has 2 aromatic rings. The van der Waals surface area contributed by atoms with E-state index in [1.165, 1.54) is 0 Å². The fourth-order valence-corrected chi connectivity index (χ4v) is 3.63. The molecule has 8 nitrogen and oxygen atoms in total. The van der Waals surface area contributed by atoms with Crippen molar-refractivity contribution in [3.05, 3.63) is 44.6 Å². The number of nitrogens with two attached hydrogens (primary N) is 1. The Morgan fingerprint density at radius 3 is 2.83 bits per heavy atom. The van der Waals surface area contributed by atoms with Crippen LogP contribution in [-0.2, 0) is 16.2 Å². The molecule has 0 radical (unpaired) electrons. The topological polar surface area (TPSA) is 112 Å². The average molecular weight is 415 g/mol. The van der Waals surface area contributed by atoms with Gasteiger partial charge in [-0.05, 0) is 38.8 Å². The normalized spacial score (nSPS) is 14.4. The zero-order valence-electron chi connectivity index (χ0n) is 17.9. The van der Waals surface area contributed by atoms with Gasteiger partial charge in [-0.25, -0.2) is 4.99 Å². The molecule has 3 N–H and O–H groups in total. The molecule has 1 unspecified atom stereocenters. The smallest absolute Gasteiger partial charge is 0.274 e. The van der Waals surface area contributed by atoms with Gasteiger partial charge in [0, 0.05) is 17.5 Å². The maximum atomic E-state index is 11.9. The minimum Gasteiger partial charge on any atom is -0.370 e. The van der Waals surface area contributed by atoms with Crippen molar-refractivity contribution in [1.29, 1.82) is 0 Å². The lowest BCUT2D eigenvalue weighted by Crippen LogP contribution is -2.33. The predicted molar refractivity (Wildman–Crippen MR) is 114 cm³/mol. The van der Waals surface area contributed by atoms with Crippen molar-refractivity contribution in [3.63, 3.8) is 0 Å². The van der Waals surface area contributed by atoms with Crippen LogP contribution in [0.25, 0.3) is 6.58 Å². The Bertz CT molecular complexity index is 1100. The van der Waals surface area contributed by atoms with Gasteiger partial charge in [0.1, 0.15) is 11.0 Å². The number of nitrogens with zero attached hydrogens (tertiary/aromatic N) is 2. The first-order chi connectivity index (χ1) is 14.2. The maximum Gasteiger partial charge on any atom is 0.274 e. The van der Waals surface area contributed by atoms with Crippen LogP contribution >= 0.6 is 0 Å². The first kappa shape index (κ1) is 21.8. The molecule has 30 heavy (non-hydrogen) atoms. The number of hydrogen-bond acceptors (Lipinski definition) is 5. The van der Waals surface area contributed by atoms with E-state index in [1.54, 1.807) is 10.6 Å². The van der Waals surface area contributed by atoms with E-state index in [4.69, 9.17) is 15.5 Å². The summed E-state index contributed by atoms with van der Waals surface area (Å²) in [6.07, 6.45) is 4.66. The Kier molecular flexibility index (Phi) is 6.45. The summed E-state index contributed by atoms with van der Waals surface area (Å²) in [7, 11) is 0. The number of rotatable bonds is 10. The lowest BCUT2D eigenvalue weighted by molar-refractivity contribution is -0.291. The van der Waals surface area contributed by atoms with Crippen molar-refractivity contribution < 1.29 is 14.6 Å². The summed E-state index contributed by atoms with van der Waals surface area (Å²) in [6.45, 7) is 10.3. The first-order valence-electron chi connectivity index (χ1n) is 10.4. The zero-order valence-corrected chi connectivity index (χ0v) is 17.9. The highest BCUT2D eigenvalue weighted by atomic mass is 17.2. The Hall–Kier alpha value is -2.87. The van der Waals surface area contributed by atoms with Crippen molar-refractivity contribution in [3.8, 4) is 5.75 Å². The minimum absolute atomic E-state index is 0.240. The highest BCUT2D eigenvalue weighted by Crippen LogP contribution is 2.33. The molecule has 1 aromatic heterocycles. The van der Waals surface area contributed by atoms with E-state index in [0.717, 1.165) is 42.5 Å². The number of primary amides is 1. The van der Waals surface area contributed by atoms with Crippen LogP contribution in [0, 0.1) is 6.92 Å². The first-order valence-corrected chi connectivity index (χ1v) is 10.4. The molecule has 2 heterocycles. The van der Waals surface area contributed by atoms with E-state index in [2.05, 4.69) is 23.5 Å². The van der Waals surface area contributed by atoms with Crippen molar-refractivity contribution in [2.45, 2.75) is 71.4 Å². The van der Waals surface area contributed by atoms with Crippen LogP contribution in [0.15, 0.2) is 21.9 Å². The van der Waals surface area contributed by atoms with E-state index >= 15 is 0 Å². The number of unbranched alkanes of at least 4 members (excludes halogenated alkanes) is 2. The summed E-state index contributed by atoms with van der Waals surface area (Å²) >= 11 is 0. The van der Waals surface area contributed by atoms with E-state index in [-0.39, 0.29) is 17.9 Å². The van der Waals surface area contributed by atoms with Crippen LogP contribution in [0.1, 0.15) is 63.5 Å². The van der Waals surface area contributed by atoms with Gasteiger partial charge in [0.05, 0.1) is 12.2 Å². The molecule has 8 heteroatoms. The van der Waals surface area contributed by atoms with E-state index in [0.29, 0.717) is 29.7 Å². The van der Waals surface area contributed by atoms with Crippen LogP contribution in [0.3, 0.4) is 0 Å². The number of aromatic amines is 1. The quantitative estimate of drug-likeness (QED) is 0.301. The molecule has 0 spiro atoms. The number of H-pyrrole nitrogens is 1. The van der Waals surface area contributed by atoms with Crippen LogP contribution in [0.4, 0.5) is 5.69 Å². The van der Waals surface area contributed by atoms with Gasteiger partial charge in [-0.2, -0.15) is 4.89 Å². The molecule has 1 atom stereocenters. The van der Waals surface area contributed by atoms with Gasteiger partial charge in [-0.15, -0.1) is 0 Å². The second-order valence-electron chi connectivity index (χ2n) is 8.15. The molecule has 0 saturated carbocycles. The summed E-state index contributed by atoms with van der Waals surface area (Å²) < 4.78 is 1.75. The average Bonchev–Trinajstić information content (AvgIpc) is 2.98. The highest BCUT2D eigenvalue weighted by molar-refractivity contribution is 5.73. The third-order valence-corrected chi connectivity index (χ3v) is 5.68. The second kappa shape index (κ2) is 8.87. The van der Waals surface area contributed by atoms with Crippen molar-refractivity contribution >= 4 is 18.2 Å². The van der Waals surface area contributed by atoms with Crippen molar-refractivity contribution in [2.75, 3.05) is 0 Å². The Morgan fingerprint density at radius 1 is 1.37 bits per heavy atom. The zero-order chi connectivity index (χ0) is 21.9. The van der Waals surface area contributed by atoms with Crippen LogP contribution in [0.5, 0.6) is 5.75 Å². The second-order valence-corrected chi connectivity index (χ2v) is 8.15. The molecule has 0 aliphatic carbocycles. The number of imidazole rings is 1. The number of amides is 1. The molecule has 0 fully saturated rings. The molecule has 1 aromatic carbocycles. The SMILES string of the molecule is C=c1c(=O)[nH]c2n1Cc1c(ccc(OOC(C)(CCCCC)CCC(N)=O)c1C)N=2. The number of fused-ring (bicyclic) bond motifs is 2. The Labute approximate surface area is 175 Å². The monoisotopic (exact) mass is 414 g/mol. The number of hydrogen-bond donors (Lipinski definition) is 2. The molecule has 162 valence electrons. The molecular formula is C22H30N4O4. The number of carbonyl (C=O) groups excluding carboxylic acids is 1. The van der Waals surface area contributed by atoms with Gasteiger partial charge in [0.2, 0.25) is 11.5 Å². The number of carbonyl (C=O) groups is 1.